The summed E-state index contributed by atoms with van der Waals surface area (Å²) in [5, 5.41) is 6.94. The van der Waals surface area contributed by atoms with Crippen molar-refractivity contribution in [3.63, 3.8) is 0 Å². The molecule has 0 amide bonds. The highest BCUT2D eigenvalue weighted by Gasteiger charge is 1.90. The molecular formula is C5H13Cl2NO2. The zero-order valence-electron chi connectivity index (χ0n) is 6.05. The predicted octanol–water partition coefficient (Wildman–Crippen LogP) is 1.49. The normalized spacial score (nSPS) is 7.00. The molecule has 0 unspecified atom stereocenters. The molecule has 10 heavy (non-hydrogen) atoms. The van der Waals surface area contributed by atoms with Gasteiger partial charge in [0, 0.05) is 7.11 Å². The lowest BCUT2D eigenvalue weighted by atomic mass is 10.7. The molecule has 5 heteroatoms. The molecule has 0 saturated heterocycles. The van der Waals surface area contributed by atoms with Crippen LogP contribution in [0.4, 0.5) is 0 Å². The van der Waals surface area contributed by atoms with Crippen LogP contribution in [-0.4, -0.2) is 26.2 Å². The van der Waals surface area contributed by atoms with E-state index in [1.807, 2.05) is 6.92 Å². The third-order valence-electron chi connectivity index (χ3n) is 0.594. The smallest absolute Gasteiger partial charge is 0.207 e. The van der Waals surface area contributed by atoms with Gasteiger partial charge in [-0.25, -0.2) is 0 Å². The van der Waals surface area contributed by atoms with Gasteiger partial charge < -0.3 is 9.47 Å². The first kappa shape index (κ1) is 16.5. The highest BCUT2D eigenvalue weighted by molar-refractivity contribution is 5.85. The van der Waals surface area contributed by atoms with E-state index in [1.165, 1.54) is 7.11 Å². The van der Waals surface area contributed by atoms with Crippen molar-refractivity contribution in [2.75, 3.05) is 20.3 Å². The second kappa shape index (κ2) is 11.8. The topological polar surface area (TPSA) is 42.3 Å². The molecule has 0 aromatic heterocycles. The lowest BCUT2D eigenvalue weighted by Gasteiger charge is -2.00. The summed E-state index contributed by atoms with van der Waals surface area (Å²) in [4.78, 5) is 0. The second-order valence-electron chi connectivity index (χ2n) is 1.29. The van der Waals surface area contributed by atoms with Gasteiger partial charge in [0.2, 0.25) is 5.90 Å². The predicted molar refractivity (Wildman–Crippen MR) is 45.7 cm³/mol. The van der Waals surface area contributed by atoms with Crippen LogP contribution < -0.4 is 0 Å². The van der Waals surface area contributed by atoms with Crippen LogP contribution in [0.1, 0.15) is 6.92 Å². The summed E-state index contributed by atoms with van der Waals surface area (Å²) in [5.41, 5.74) is 0. The molecule has 0 rings (SSSR count). The molecule has 0 spiro atoms. The fourth-order valence-electron chi connectivity index (χ4n) is 0.347. The average molecular weight is 190 g/mol. The summed E-state index contributed by atoms with van der Waals surface area (Å²) >= 11 is 0. The fraction of sp³-hybridized carbons (Fsp3) is 0.800. The second-order valence-corrected chi connectivity index (χ2v) is 1.29. The Hall–Kier alpha value is 0.01000. The van der Waals surface area contributed by atoms with Crippen LogP contribution >= 0.6 is 24.8 Å². The third kappa shape index (κ3) is 10.9. The Morgan fingerprint density at radius 1 is 1.40 bits per heavy atom. The molecule has 0 bridgehead atoms. The third-order valence-corrected chi connectivity index (χ3v) is 0.594. The zero-order valence-corrected chi connectivity index (χ0v) is 7.68. The Labute approximate surface area is 73.4 Å². The van der Waals surface area contributed by atoms with Crippen molar-refractivity contribution in [2.24, 2.45) is 0 Å². The Bertz CT molecular complexity index is 72.0. The van der Waals surface area contributed by atoms with Crippen molar-refractivity contribution in [3.05, 3.63) is 0 Å². The molecular weight excluding hydrogens is 177 g/mol. The summed E-state index contributed by atoms with van der Waals surface area (Å²) in [6, 6.07) is 0. The van der Waals surface area contributed by atoms with Gasteiger partial charge in [-0.3, -0.25) is 5.41 Å². The molecule has 0 aliphatic carbocycles. The summed E-state index contributed by atoms with van der Waals surface area (Å²) in [5.74, 6) is 0.190. The molecule has 1 N–H and O–H groups in total. The number of methoxy groups -OCH3 is 1. The van der Waals surface area contributed by atoms with Crippen molar-refractivity contribution in [3.8, 4) is 0 Å². The maximum Gasteiger partial charge on any atom is 0.207 e. The lowest BCUT2D eigenvalue weighted by Crippen LogP contribution is -2.09. The van der Waals surface area contributed by atoms with Crippen LogP contribution in [-0.2, 0) is 9.47 Å². The van der Waals surface area contributed by atoms with Crippen LogP contribution in [0.3, 0.4) is 0 Å². The van der Waals surface area contributed by atoms with Crippen molar-refractivity contribution < 1.29 is 9.47 Å². The van der Waals surface area contributed by atoms with Crippen LogP contribution in [0, 0.1) is 5.41 Å². The highest BCUT2D eigenvalue weighted by Crippen LogP contribution is 1.77. The largest absolute Gasteiger partial charge is 0.480 e. The SMILES string of the molecule is CCOC(=N)COC.Cl.Cl. The van der Waals surface area contributed by atoms with Gasteiger partial charge in [-0.05, 0) is 6.92 Å². The van der Waals surface area contributed by atoms with Crippen LogP contribution in [0.5, 0.6) is 0 Å². The quantitative estimate of drug-likeness (QED) is 0.541. The Morgan fingerprint density at radius 3 is 2.20 bits per heavy atom. The Morgan fingerprint density at radius 2 is 1.90 bits per heavy atom. The van der Waals surface area contributed by atoms with E-state index < -0.39 is 0 Å². The van der Waals surface area contributed by atoms with Gasteiger partial charge in [-0.1, -0.05) is 0 Å². The molecule has 3 nitrogen and oxygen atoms in total. The van der Waals surface area contributed by atoms with Gasteiger partial charge in [-0.15, -0.1) is 24.8 Å². The van der Waals surface area contributed by atoms with E-state index in [4.69, 9.17) is 10.1 Å². The van der Waals surface area contributed by atoms with Crippen LogP contribution in [0.25, 0.3) is 0 Å². The molecule has 0 atom stereocenters. The molecule has 0 heterocycles. The van der Waals surface area contributed by atoms with Crippen molar-refractivity contribution in [2.45, 2.75) is 6.92 Å². The lowest BCUT2D eigenvalue weighted by molar-refractivity contribution is 0.206. The number of hydrogen-bond donors (Lipinski definition) is 1. The number of ether oxygens (including phenoxy) is 2. The van der Waals surface area contributed by atoms with Gasteiger partial charge in [-0.2, -0.15) is 0 Å². The van der Waals surface area contributed by atoms with Gasteiger partial charge >= 0.3 is 0 Å². The standard InChI is InChI=1S/C5H11NO2.2ClH/c1-3-8-5(6)4-7-2;;/h6H,3-4H2,1-2H3;2*1H. The van der Waals surface area contributed by atoms with E-state index >= 15 is 0 Å². The number of rotatable bonds is 3. The molecule has 64 valence electrons. The minimum absolute atomic E-state index is 0. The average Bonchev–Trinajstić information content (AvgIpc) is 1.68. The van der Waals surface area contributed by atoms with E-state index in [-0.39, 0.29) is 37.3 Å². The number of nitrogens with one attached hydrogen (secondary N) is 1. The van der Waals surface area contributed by atoms with E-state index in [1.54, 1.807) is 0 Å². The first-order valence-corrected chi connectivity index (χ1v) is 2.50. The molecule has 0 fully saturated rings. The Balaban J connectivity index is -0.000000245. The van der Waals surface area contributed by atoms with Crippen LogP contribution in [0.2, 0.25) is 0 Å². The maximum absolute atomic E-state index is 6.94. The summed E-state index contributed by atoms with van der Waals surface area (Å²) < 4.78 is 9.35. The van der Waals surface area contributed by atoms with E-state index in [0.717, 1.165) is 0 Å². The first-order valence-electron chi connectivity index (χ1n) is 2.50. The fourth-order valence-corrected chi connectivity index (χ4v) is 0.347. The summed E-state index contributed by atoms with van der Waals surface area (Å²) in [7, 11) is 1.54. The number of halogens is 2. The molecule has 0 aliphatic rings. The van der Waals surface area contributed by atoms with Crippen molar-refractivity contribution >= 4 is 30.7 Å². The maximum atomic E-state index is 6.94. The zero-order chi connectivity index (χ0) is 6.41. The summed E-state index contributed by atoms with van der Waals surface area (Å²) in [6.45, 7) is 2.65. The molecule has 0 radical (unpaired) electrons. The molecule has 0 saturated carbocycles. The summed E-state index contributed by atoms with van der Waals surface area (Å²) in [6.07, 6.45) is 0. The molecule has 0 aromatic rings. The Kier molecular flexibility index (Phi) is 19.5. The van der Waals surface area contributed by atoms with Gasteiger partial charge in [0.15, 0.2) is 0 Å². The molecule has 0 aliphatic heterocycles. The van der Waals surface area contributed by atoms with Gasteiger partial charge in [0.05, 0.1) is 6.61 Å². The van der Waals surface area contributed by atoms with Gasteiger partial charge in [0.1, 0.15) is 6.61 Å². The van der Waals surface area contributed by atoms with E-state index in [9.17, 15) is 0 Å². The van der Waals surface area contributed by atoms with E-state index in [0.29, 0.717) is 6.61 Å². The van der Waals surface area contributed by atoms with Crippen molar-refractivity contribution in [1.29, 1.82) is 5.41 Å². The minimum atomic E-state index is 0. The monoisotopic (exact) mass is 189 g/mol. The number of hydrogen-bond acceptors (Lipinski definition) is 3. The molecule has 0 aromatic carbocycles. The van der Waals surface area contributed by atoms with Crippen molar-refractivity contribution in [1.82, 2.24) is 0 Å². The van der Waals surface area contributed by atoms with E-state index in [2.05, 4.69) is 4.74 Å². The minimum Gasteiger partial charge on any atom is -0.480 e. The van der Waals surface area contributed by atoms with Gasteiger partial charge in [0.25, 0.3) is 0 Å². The highest BCUT2D eigenvalue weighted by atomic mass is 35.5. The first-order chi connectivity index (χ1) is 3.81. The van der Waals surface area contributed by atoms with Crippen LogP contribution in [0.15, 0.2) is 0 Å².